The normalized spacial score (nSPS) is 11.1. The van der Waals surface area contributed by atoms with Crippen LogP contribution in [0.4, 0.5) is 0 Å². The van der Waals surface area contributed by atoms with Crippen molar-refractivity contribution in [3.8, 4) is 5.69 Å². The van der Waals surface area contributed by atoms with Gasteiger partial charge in [0.15, 0.2) is 10.4 Å². The summed E-state index contributed by atoms with van der Waals surface area (Å²) in [7, 11) is 0. The topological polar surface area (TPSA) is 33.6 Å². The highest BCUT2D eigenvalue weighted by Gasteiger charge is 2.08. The lowest BCUT2D eigenvalue weighted by Gasteiger charge is -2.04. The van der Waals surface area contributed by atoms with E-state index in [4.69, 9.17) is 23.8 Å². The van der Waals surface area contributed by atoms with E-state index in [0.717, 1.165) is 16.9 Å². The quantitative estimate of drug-likeness (QED) is 0.560. The molecular formula is C13H10ClN3S2. The Morgan fingerprint density at radius 2 is 2.05 bits per heavy atom. The average Bonchev–Trinajstić information content (AvgIpc) is 2.74. The molecule has 3 aromatic rings. The molecule has 0 aliphatic rings. The molecule has 0 aliphatic carbocycles. The molecule has 6 heteroatoms. The Bertz CT molecular complexity index is 790. The molecule has 2 aromatic heterocycles. The van der Waals surface area contributed by atoms with Crippen LogP contribution in [-0.4, -0.2) is 20.8 Å². The zero-order valence-corrected chi connectivity index (χ0v) is 12.4. The van der Waals surface area contributed by atoms with Crippen LogP contribution >= 0.6 is 35.6 Å². The molecule has 1 aromatic carbocycles. The third-order valence-corrected chi connectivity index (χ3v) is 4.06. The second-order valence-corrected chi connectivity index (χ2v) is 5.69. The van der Waals surface area contributed by atoms with Crippen molar-refractivity contribution < 1.29 is 0 Å². The molecule has 0 saturated heterocycles. The van der Waals surface area contributed by atoms with Gasteiger partial charge >= 0.3 is 0 Å². The van der Waals surface area contributed by atoms with Crippen molar-refractivity contribution in [1.29, 1.82) is 0 Å². The minimum absolute atomic E-state index is 0.591. The highest BCUT2D eigenvalue weighted by molar-refractivity contribution is 7.98. The Balaban J connectivity index is 2.23. The van der Waals surface area contributed by atoms with E-state index < -0.39 is 0 Å². The zero-order chi connectivity index (χ0) is 13.4. The van der Waals surface area contributed by atoms with E-state index in [-0.39, 0.29) is 0 Å². The highest BCUT2D eigenvalue weighted by atomic mass is 35.5. The fourth-order valence-electron chi connectivity index (χ4n) is 1.94. The molecule has 0 amide bonds. The summed E-state index contributed by atoms with van der Waals surface area (Å²) in [5.74, 6) is 0. The van der Waals surface area contributed by atoms with E-state index in [2.05, 4.69) is 28.4 Å². The maximum atomic E-state index is 5.94. The van der Waals surface area contributed by atoms with Gasteiger partial charge in [0.25, 0.3) is 0 Å². The number of hydrogen-bond acceptors (Lipinski definition) is 3. The first-order valence-electron chi connectivity index (χ1n) is 5.60. The van der Waals surface area contributed by atoms with Crippen molar-refractivity contribution in [2.24, 2.45) is 0 Å². The molecule has 96 valence electrons. The van der Waals surface area contributed by atoms with Gasteiger partial charge in [0.05, 0.1) is 10.5 Å². The number of H-pyrrole nitrogens is 1. The molecule has 0 spiro atoms. The number of aromatic nitrogens is 3. The maximum absolute atomic E-state index is 5.94. The summed E-state index contributed by atoms with van der Waals surface area (Å²) in [6, 6.07) is 10.0. The summed E-state index contributed by atoms with van der Waals surface area (Å²) in [4.78, 5) is 8.68. The SMILES string of the molecule is CSc1ccc(-n2c(=S)[nH]c3cc(Cl)cnc32)cc1. The van der Waals surface area contributed by atoms with Crippen LogP contribution in [0, 0.1) is 4.77 Å². The molecule has 0 atom stereocenters. The van der Waals surface area contributed by atoms with Crippen LogP contribution in [0.2, 0.25) is 5.02 Å². The van der Waals surface area contributed by atoms with Gasteiger partial charge in [0, 0.05) is 16.8 Å². The van der Waals surface area contributed by atoms with Crippen LogP contribution in [0.5, 0.6) is 0 Å². The van der Waals surface area contributed by atoms with Crippen molar-refractivity contribution in [2.45, 2.75) is 4.90 Å². The summed E-state index contributed by atoms with van der Waals surface area (Å²) in [6.07, 6.45) is 3.68. The van der Waals surface area contributed by atoms with Crippen LogP contribution in [0.3, 0.4) is 0 Å². The number of nitrogens with zero attached hydrogens (tertiary/aromatic N) is 2. The van der Waals surface area contributed by atoms with Crippen molar-refractivity contribution in [3.63, 3.8) is 0 Å². The summed E-state index contributed by atoms with van der Waals surface area (Å²) in [5.41, 5.74) is 2.61. The standard InChI is InChI=1S/C13H10ClN3S2/c1-19-10-4-2-9(3-5-10)17-12-11(16-13(17)18)6-8(14)7-15-12/h2-7H,1H3,(H,16,18). The van der Waals surface area contributed by atoms with Gasteiger partial charge in [0.2, 0.25) is 0 Å². The number of aromatic amines is 1. The first-order chi connectivity index (χ1) is 9.19. The van der Waals surface area contributed by atoms with Crippen LogP contribution in [-0.2, 0) is 0 Å². The number of nitrogens with one attached hydrogen (secondary N) is 1. The maximum Gasteiger partial charge on any atom is 0.183 e. The lowest BCUT2D eigenvalue weighted by atomic mass is 10.3. The average molecular weight is 308 g/mol. The van der Waals surface area contributed by atoms with Crippen LogP contribution in [0.1, 0.15) is 0 Å². The Morgan fingerprint density at radius 3 is 2.74 bits per heavy atom. The van der Waals surface area contributed by atoms with Gasteiger partial charge in [-0.05, 0) is 48.8 Å². The molecule has 2 heterocycles. The number of halogens is 1. The van der Waals surface area contributed by atoms with Gasteiger partial charge in [-0.1, -0.05) is 11.6 Å². The molecular weight excluding hydrogens is 298 g/mol. The third kappa shape index (κ3) is 2.29. The highest BCUT2D eigenvalue weighted by Crippen LogP contribution is 2.22. The number of benzene rings is 1. The van der Waals surface area contributed by atoms with Crippen molar-refractivity contribution in [2.75, 3.05) is 6.26 Å². The van der Waals surface area contributed by atoms with Crippen LogP contribution < -0.4 is 0 Å². The van der Waals surface area contributed by atoms with Gasteiger partial charge < -0.3 is 4.98 Å². The van der Waals surface area contributed by atoms with E-state index in [9.17, 15) is 0 Å². The predicted octanol–water partition coefficient (Wildman–Crippen LogP) is 4.46. The van der Waals surface area contributed by atoms with E-state index >= 15 is 0 Å². The zero-order valence-electron chi connectivity index (χ0n) is 10.1. The first kappa shape index (κ1) is 12.7. The van der Waals surface area contributed by atoms with Gasteiger partial charge in [-0.15, -0.1) is 11.8 Å². The number of imidazole rings is 1. The number of rotatable bonds is 2. The monoisotopic (exact) mass is 307 g/mol. The number of thioether (sulfide) groups is 1. The number of fused-ring (bicyclic) bond motifs is 1. The largest absolute Gasteiger partial charge is 0.329 e. The molecule has 19 heavy (non-hydrogen) atoms. The van der Waals surface area contributed by atoms with Crippen molar-refractivity contribution >= 4 is 46.7 Å². The van der Waals surface area contributed by atoms with Crippen LogP contribution in [0.15, 0.2) is 41.4 Å². The molecule has 0 saturated carbocycles. The molecule has 0 aliphatic heterocycles. The molecule has 0 radical (unpaired) electrons. The summed E-state index contributed by atoms with van der Waals surface area (Å²) >= 11 is 13.0. The van der Waals surface area contributed by atoms with Gasteiger partial charge in [-0.25, -0.2) is 4.98 Å². The molecule has 3 rings (SSSR count). The van der Waals surface area contributed by atoms with Crippen molar-refractivity contribution in [3.05, 3.63) is 46.3 Å². The lowest BCUT2D eigenvalue weighted by molar-refractivity contribution is 1.04. The number of pyridine rings is 1. The lowest BCUT2D eigenvalue weighted by Crippen LogP contribution is -1.95. The van der Waals surface area contributed by atoms with Crippen LogP contribution in [0.25, 0.3) is 16.9 Å². The van der Waals surface area contributed by atoms with E-state index in [1.165, 1.54) is 4.90 Å². The van der Waals surface area contributed by atoms with Crippen molar-refractivity contribution in [1.82, 2.24) is 14.5 Å². The van der Waals surface area contributed by atoms with E-state index in [1.807, 2.05) is 22.8 Å². The Labute approximate surface area is 124 Å². The van der Waals surface area contributed by atoms with Gasteiger partial charge in [-0.3, -0.25) is 4.57 Å². The first-order valence-corrected chi connectivity index (χ1v) is 7.61. The minimum atomic E-state index is 0.591. The van der Waals surface area contributed by atoms with E-state index in [0.29, 0.717) is 9.79 Å². The Morgan fingerprint density at radius 1 is 1.32 bits per heavy atom. The van der Waals surface area contributed by atoms with Gasteiger partial charge in [0.1, 0.15) is 0 Å². The number of hydrogen-bond donors (Lipinski definition) is 1. The summed E-state index contributed by atoms with van der Waals surface area (Å²) in [5, 5.41) is 0.591. The second kappa shape index (κ2) is 5.00. The molecule has 0 unspecified atom stereocenters. The summed E-state index contributed by atoms with van der Waals surface area (Å²) < 4.78 is 2.52. The Kier molecular flexibility index (Phi) is 3.35. The van der Waals surface area contributed by atoms with Gasteiger partial charge in [-0.2, -0.15) is 0 Å². The molecule has 1 N–H and O–H groups in total. The molecule has 0 bridgehead atoms. The summed E-state index contributed by atoms with van der Waals surface area (Å²) in [6.45, 7) is 0. The smallest absolute Gasteiger partial charge is 0.183 e. The fraction of sp³-hybridized carbons (Fsp3) is 0.0769. The second-order valence-electron chi connectivity index (χ2n) is 3.99. The fourth-order valence-corrected chi connectivity index (χ4v) is 2.81. The predicted molar refractivity (Wildman–Crippen MR) is 83.0 cm³/mol. The molecule has 3 nitrogen and oxygen atoms in total. The minimum Gasteiger partial charge on any atom is -0.329 e. The van der Waals surface area contributed by atoms with E-state index in [1.54, 1.807) is 18.0 Å². The third-order valence-electron chi connectivity index (χ3n) is 2.82. The molecule has 0 fully saturated rings. The Hall–Kier alpha value is -1.30.